The summed E-state index contributed by atoms with van der Waals surface area (Å²) in [6.45, 7) is 0. The molecule has 12 nitrogen and oxygen atoms in total. The number of hydrogen-bond donors (Lipinski definition) is 0. The van der Waals surface area contributed by atoms with Crippen molar-refractivity contribution < 1.29 is 13.3 Å². The minimum Gasteiger partial charge on any atom is -0.456 e. The Morgan fingerprint density at radius 3 is 0.927 bits per heavy atom. The van der Waals surface area contributed by atoms with E-state index in [0.29, 0.717) is 0 Å². The monoisotopic (exact) mass is 1910 g/mol. The molecule has 150 heavy (non-hydrogen) atoms. The van der Waals surface area contributed by atoms with Gasteiger partial charge in [-0.2, -0.15) is 0 Å². The van der Waals surface area contributed by atoms with Gasteiger partial charge in [0.05, 0.1) is 84.3 Å². The molecular weight excluding hydrogens is 1830 g/mol. The lowest BCUT2D eigenvalue weighted by atomic mass is 9.94. The highest BCUT2D eigenvalue weighted by Crippen LogP contribution is 2.49. The molecule has 20 aromatic carbocycles. The van der Waals surface area contributed by atoms with Gasteiger partial charge in [-0.25, -0.2) is 15.0 Å². The van der Waals surface area contributed by atoms with Crippen LogP contribution in [0, 0.1) is 0 Å². The maximum absolute atomic E-state index is 6.55. The van der Waals surface area contributed by atoms with Crippen molar-refractivity contribution in [1.82, 2.24) is 43.6 Å². The standard InChI is InChI=1S/2C48H29N3O.C42H25N3O/c1-3-12-30(13-4-1)47-46-36(26-27-49-47)34-16-7-9-19-40(34)50-48(46)37-18-11-21-44-45(37)39-29-32(23-25-43(39)52-44)31-22-24-42-38(28-31)35-17-8-10-20-41(35)51(42)33-14-5-2-6-15-33;1-3-11-30(12-4-1)47-46-37(25-26-49-47)35-15-7-9-17-41(35)50-48(46)33-21-24-45-40(29-33)39-28-32(20-23-44(39)52-45)31-19-22-43-38(27-31)36-16-8-10-18-42(36)51(43)34-13-5-2-6-14-34;1-2-8-29(9-3-1)45-38-13-7-6-11-32(38)34-22-26(14-17-39(34)45)27-15-18-40-35(23-27)36-24-28(16-19-41(36)46-40)42-33-12-5-4-10-30(33)31-20-21-43-25-37(31)44-42/h2*1-29H;1-25H. The molecule has 0 fully saturated rings. The van der Waals surface area contributed by atoms with Crippen molar-refractivity contribution in [2.24, 2.45) is 0 Å². The second-order valence-electron chi connectivity index (χ2n) is 38.5. The van der Waals surface area contributed by atoms with Crippen LogP contribution in [0.3, 0.4) is 0 Å². The first kappa shape index (κ1) is 85.3. The molecule has 0 saturated carbocycles. The third-order valence-electron chi connectivity index (χ3n) is 30.1. The molecule has 12 aromatic heterocycles. The van der Waals surface area contributed by atoms with Gasteiger partial charge in [-0.1, -0.05) is 279 Å². The van der Waals surface area contributed by atoms with E-state index in [1.165, 1.54) is 76.4 Å². The van der Waals surface area contributed by atoms with Crippen LogP contribution in [-0.4, -0.2) is 43.6 Å². The number of para-hydroxylation sites is 8. The molecule has 698 valence electrons. The summed E-state index contributed by atoms with van der Waals surface area (Å²) in [5.41, 5.74) is 35.3. The molecule has 32 aromatic rings. The van der Waals surface area contributed by atoms with Crippen molar-refractivity contribution in [3.8, 4) is 107 Å². The van der Waals surface area contributed by atoms with Crippen LogP contribution in [-0.2, 0) is 0 Å². The average molecular weight is 1920 g/mol. The first-order valence-electron chi connectivity index (χ1n) is 50.6. The lowest BCUT2D eigenvalue weighted by molar-refractivity contribution is 0.668. The molecule has 0 atom stereocenters. The quantitative estimate of drug-likeness (QED) is 0.116. The van der Waals surface area contributed by atoms with Gasteiger partial charge in [0.2, 0.25) is 0 Å². The van der Waals surface area contributed by atoms with Crippen molar-refractivity contribution in [3.63, 3.8) is 0 Å². The van der Waals surface area contributed by atoms with Crippen LogP contribution in [0.1, 0.15) is 0 Å². The number of benzene rings is 20. The largest absolute Gasteiger partial charge is 0.456 e. The maximum atomic E-state index is 6.55. The normalized spacial score (nSPS) is 11.9. The number of nitrogens with zero attached hydrogens (tertiary/aromatic N) is 9. The highest BCUT2D eigenvalue weighted by atomic mass is 16.3. The number of fused-ring (bicyclic) bond motifs is 27. The summed E-state index contributed by atoms with van der Waals surface area (Å²) in [4.78, 5) is 30.0. The second-order valence-corrected chi connectivity index (χ2v) is 38.5. The van der Waals surface area contributed by atoms with Crippen molar-refractivity contribution in [2.45, 2.75) is 0 Å². The first-order chi connectivity index (χ1) is 74.4. The molecule has 0 N–H and O–H groups in total. The van der Waals surface area contributed by atoms with Crippen LogP contribution in [0.2, 0.25) is 0 Å². The molecular formula is C138H83N9O3. The third-order valence-corrected chi connectivity index (χ3v) is 30.1. The molecule has 0 radical (unpaired) electrons. The van der Waals surface area contributed by atoms with Crippen molar-refractivity contribution in [1.29, 1.82) is 0 Å². The minimum absolute atomic E-state index is 0.833. The predicted octanol–water partition coefficient (Wildman–Crippen LogP) is 36.7. The summed E-state index contributed by atoms with van der Waals surface area (Å²) >= 11 is 0. The fourth-order valence-electron chi connectivity index (χ4n) is 23.3. The van der Waals surface area contributed by atoms with E-state index in [2.05, 4.69) is 480 Å². The van der Waals surface area contributed by atoms with Crippen molar-refractivity contribution in [3.05, 3.63) is 504 Å². The van der Waals surface area contributed by atoms with Gasteiger partial charge >= 0.3 is 0 Å². The summed E-state index contributed by atoms with van der Waals surface area (Å²) < 4.78 is 26.4. The highest BCUT2D eigenvalue weighted by Gasteiger charge is 2.27. The van der Waals surface area contributed by atoms with E-state index >= 15 is 0 Å². The van der Waals surface area contributed by atoms with Crippen molar-refractivity contribution >= 4 is 196 Å². The zero-order valence-corrected chi connectivity index (χ0v) is 80.7. The molecule has 0 aliphatic heterocycles. The van der Waals surface area contributed by atoms with Gasteiger partial charge in [0, 0.05) is 160 Å². The molecule has 12 heteroatoms. The van der Waals surface area contributed by atoms with E-state index in [0.717, 1.165) is 227 Å². The van der Waals surface area contributed by atoms with E-state index in [-0.39, 0.29) is 0 Å². The van der Waals surface area contributed by atoms with Crippen LogP contribution < -0.4 is 0 Å². The summed E-state index contributed by atoms with van der Waals surface area (Å²) in [5.74, 6) is 0. The Bertz CT molecular complexity index is 11100. The predicted molar refractivity (Wildman–Crippen MR) is 619 cm³/mol. The van der Waals surface area contributed by atoms with E-state index in [9.17, 15) is 0 Å². The highest BCUT2D eigenvalue weighted by molar-refractivity contribution is 6.24. The van der Waals surface area contributed by atoms with Crippen LogP contribution >= 0.6 is 0 Å². The first-order valence-corrected chi connectivity index (χ1v) is 50.6. The number of hydrogen-bond acceptors (Lipinski definition) is 9. The molecule has 0 bridgehead atoms. The van der Waals surface area contributed by atoms with Crippen LogP contribution in [0.5, 0.6) is 0 Å². The second kappa shape index (κ2) is 34.7. The van der Waals surface area contributed by atoms with Crippen LogP contribution in [0.25, 0.3) is 303 Å². The Hall–Kier alpha value is -20.3. The number of pyridine rings is 6. The minimum atomic E-state index is 0.833. The summed E-state index contributed by atoms with van der Waals surface area (Å²) in [6, 6.07) is 169. The van der Waals surface area contributed by atoms with Gasteiger partial charge in [-0.15, -0.1) is 0 Å². The van der Waals surface area contributed by atoms with Crippen molar-refractivity contribution in [2.75, 3.05) is 0 Å². The summed E-state index contributed by atoms with van der Waals surface area (Å²) in [7, 11) is 0. The molecule has 0 spiro atoms. The average Bonchev–Trinajstić information content (AvgIpc) is 1.46. The van der Waals surface area contributed by atoms with Crippen LogP contribution in [0.15, 0.2) is 517 Å². The molecule has 12 heterocycles. The van der Waals surface area contributed by atoms with E-state index in [4.69, 9.17) is 38.2 Å². The topological polar surface area (TPSA) is 132 Å². The molecule has 32 rings (SSSR count). The van der Waals surface area contributed by atoms with Gasteiger partial charge < -0.3 is 27.0 Å². The fourth-order valence-corrected chi connectivity index (χ4v) is 23.3. The van der Waals surface area contributed by atoms with E-state index in [1.807, 2.05) is 43.0 Å². The zero-order chi connectivity index (χ0) is 98.5. The Morgan fingerprint density at radius 1 is 0.160 bits per heavy atom. The number of furan rings is 3. The Balaban J connectivity index is 0.000000104. The smallest absolute Gasteiger partial charge is 0.136 e. The molecule has 0 unspecified atom stereocenters. The van der Waals surface area contributed by atoms with Crippen LogP contribution in [0.4, 0.5) is 0 Å². The lowest BCUT2D eigenvalue weighted by Gasteiger charge is -2.14. The lowest BCUT2D eigenvalue weighted by Crippen LogP contribution is -1.94. The van der Waals surface area contributed by atoms with E-state index in [1.54, 1.807) is 0 Å². The Kier molecular flexibility index (Phi) is 19.7. The summed E-state index contributed by atoms with van der Waals surface area (Å²) in [5, 5.41) is 23.8. The SMILES string of the molecule is c1ccc(-c2nccc3c2c(-c2ccc4oc5ccc(-c6ccc7c(c6)c6ccccc6n7-c6ccccc6)cc5c4c2)nc2ccccc23)cc1.c1ccc(-c2nccc3c2c(-c2cccc4oc5ccc(-c6ccc7c(c6)c6ccccc6n7-c6ccccc6)cc5c24)nc2ccccc23)cc1.c1ccc(-n2c3ccccc3c3cc(-c4ccc5oc6ccc(-c7nc8cnccc8c8ccccc78)cc6c5c4)ccc32)cc1. The maximum Gasteiger partial charge on any atom is 0.136 e. The number of aromatic nitrogens is 9. The van der Waals surface area contributed by atoms with E-state index < -0.39 is 0 Å². The van der Waals surface area contributed by atoms with Gasteiger partial charge in [0.15, 0.2) is 0 Å². The van der Waals surface area contributed by atoms with Gasteiger partial charge in [0.1, 0.15) is 33.5 Å². The molecule has 0 saturated heterocycles. The molecule has 0 aliphatic rings. The van der Waals surface area contributed by atoms with Gasteiger partial charge in [0.25, 0.3) is 0 Å². The summed E-state index contributed by atoms with van der Waals surface area (Å²) in [6.07, 6.45) is 7.49. The van der Waals surface area contributed by atoms with Gasteiger partial charge in [-0.05, 0) is 250 Å². The fraction of sp³-hybridized carbons (Fsp3) is 0. The van der Waals surface area contributed by atoms with Gasteiger partial charge in [-0.3, -0.25) is 15.0 Å². The number of rotatable bonds is 11. The Labute approximate surface area is 857 Å². The zero-order valence-electron chi connectivity index (χ0n) is 80.7. The third kappa shape index (κ3) is 14.0. The Morgan fingerprint density at radius 2 is 0.473 bits per heavy atom. The molecule has 0 amide bonds. The molecule has 0 aliphatic carbocycles.